The van der Waals surface area contributed by atoms with E-state index in [0.29, 0.717) is 0 Å². The van der Waals surface area contributed by atoms with Crippen molar-refractivity contribution in [3.8, 4) is 0 Å². The van der Waals surface area contributed by atoms with Crippen molar-refractivity contribution < 1.29 is 9.26 Å². The van der Waals surface area contributed by atoms with Crippen molar-refractivity contribution in [1.29, 1.82) is 0 Å². The summed E-state index contributed by atoms with van der Waals surface area (Å²) in [6, 6.07) is 2.10. The van der Waals surface area contributed by atoms with Crippen molar-refractivity contribution in [3.63, 3.8) is 0 Å². The van der Waals surface area contributed by atoms with Crippen molar-refractivity contribution in [2.24, 2.45) is 0 Å². The van der Waals surface area contributed by atoms with Crippen LogP contribution in [0.25, 0.3) is 0 Å². The number of piperazine rings is 1. The second-order valence-corrected chi connectivity index (χ2v) is 6.50. The predicted molar refractivity (Wildman–Crippen MR) is 93.8 cm³/mol. The van der Waals surface area contributed by atoms with E-state index in [-0.39, 0.29) is 0 Å². The van der Waals surface area contributed by atoms with E-state index in [4.69, 9.17) is 9.26 Å². The fraction of sp³-hybridized carbons (Fsp3) is 0.588. The quantitative estimate of drug-likeness (QED) is 0.811. The Morgan fingerprint density at radius 2 is 1.64 bits per heavy atom. The maximum atomic E-state index is 5.42. The third-order valence-electron chi connectivity index (χ3n) is 4.91. The molecule has 8 nitrogen and oxygen atoms in total. The smallest absolute Gasteiger partial charge is 0.138 e. The summed E-state index contributed by atoms with van der Waals surface area (Å²) in [4.78, 5) is 16.0. The van der Waals surface area contributed by atoms with Gasteiger partial charge in [0.25, 0.3) is 0 Å². The van der Waals surface area contributed by atoms with E-state index in [1.165, 1.54) is 5.56 Å². The molecular formula is C17H24N6O2. The lowest BCUT2D eigenvalue weighted by Crippen LogP contribution is -2.46. The maximum Gasteiger partial charge on any atom is 0.138 e. The minimum atomic E-state index is 0.764. The highest BCUT2D eigenvalue weighted by atomic mass is 16.5. The Balaban J connectivity index is 1.36. The van der Waals surface area contributed by atoms with Gasteiger partial charge in [0.1, 0.15) is 23.7 Å². The van der Waals surface area contributed by atoms with Crippen LogP contribution in [-0.4, -0.2) is 72.5 Å². The molecular weight excluding hydrogens is 320 g/mol. The lowest BCUT2D eigenvalue weighted by Gasteiger charge is -2.35. The molecule has 0 bridgehead atoms. The number of hydrogen-bond donors (Lipinski definition) is 0. The molecule has 4 heterocycles. The van der Waals surface area contributed by atoms with Gasteiger partial charge < -0.3 is 19.1 Å². The van der Waals surface area contributed by atoms with E-state index in [9.17, 15) is 0 Å². The van der Waals surface area contributed by atoms with Gasteiger partial charge in [0.05, 0.1) is 19.4 Å². The number of nitrogens with zero attached hydrogens (tertiary/aromatic N) is 6. The normalized spacial score (nSPS) is 19.4. The topological polar surface area (TPSA) is 70.8 Å². The molecule has 0 N–H and O–H groups in total. The summed E-state index contributed by atoms with van der Waals surface area (Å²) >= 11 is 0. The van der Waals surface area contributed by atoms with Crippen LogP contribution < -0.4 is 9.80 Å². The fourth-order valence-electron chi connectivity index (χ4n) is 3.32. The summed E-state index contributed by atoms with van der Waals surface area (Å²) < 4.78 is 10.6. The molecule has 0 atom stereocenters. The molecule has 0 amide bonds. The van der Waals surface area contributed by atoms with Gasteiger partial charge in [-0.3, -0.25) is 4.90 Å². The Bertz CT molecular complexity index is 692. The third kappa shape index (κ3) is 3.74. The minimum Gasteiger partial charge on any atom is -0.378 e. The zero-order valence-corrected chi connectivity index (χ0v) is 14.6. The highest BCUT2D eigenvalue weighted by Gasteiger charge is 2.21. The Hall–Kier alpha value is -2.19. The first-order valence-corrected chi connectivity index (χ1v) is 8.82. The number of rotatable bonds is 4. The molecule has 0 radical (unpaired) electrons. The number of ether oxygens (including phenoxy) is 1. The average Bonchev–Trinajstić information content (AvgIpc) is 3.08. The van der Waals surface area contributed by atoms with Crippen molar-refractivity contribution in [2.45, 2.75) is 13.5 Å². The van der Waals surface area contributed by atoms with Crippen LogP contribution in [-0.2, 0) is 11.3 Å². The number of morpholine rings is 1. The zero-order chi connectivity index (χ0) is 17.1. The van der Waals surface area contributed by atoms with Gasteiger partial charge in [-0.1, -0.05) is 5.16 Å². The van der Waals surface area contributed by atoms with Crippen LogP contribution in [0.5, 0.6) is 0 Å². The summed E-state index contributed by atoms with van der Waals surface area (Å²) in [6.07, 6.45) is 3.49. The van der Waals surface area contributed by atoms with Crippen molar-refractivity contribution in [1.82, 2.24) is 20.0 Å². The van der Waals surface area contributed by atoms with Crippen LogP contribution >= 0.6 is 0 Å². The first kappa shape index (κ1) is 16.3. The standard InChI is InChI=1S/C17H24N6O2/c1-14-15(11-20-25-14)12-21-2-4-22(5-3-21)16-10-17(19-13-18-16)23-6-8-24-9-7-23/h10-11,13H,2-9,12H2,1H3. The summed E-state index contributed by atoms with van der Waals surface area (Å²) in [5, 5.41) is 3.86. The Labute approximate surface area is 147 Å². The summed E-state index contributed by atoms with van der Waals surface area (Å²) in [5.41, 5.74) is 1.17. The van der Waals surface area contributed by atoms with Crippen LogP contribution in [0.2, 0.25) is 0 Å². The summed E-state index contributed by atoms with van der Waals surface area (Å²) in [6.45, 7) is 10.1. The predicted octanol–water partition coefficient (Wildman–Crippen LogP) is 0.932. The maximum absolute atomic E-state index is 5.42. The van der Waals surface area contributed by atoms with Crippen molar-refractivity contribution in [3.05, 3.63) is 29.9 Å². The second-order valence-electron chi connectivity index (χ2n) is 6.50. The molecule has 0 aliphatic carbocycles. The van der Waals surface area contributed by atoms with Crippen LogP contribution in [0.15, 0.2) is 23.1 Å². The molecule has 0 saturated carbocycles. The van der Waals surface area contributed by atoms with Gasteiger partial charge in [-0.2, -0.15) is 0 Å². The van der Waals surface area contributed by atoms with Crippen molar-refractivity contribution >= 4 is 11.6 Å². The largest absolute Gasteiger partial charge is 0.378 e. The van der Waals surface area contributed by atoms with E-state index >= 15 is 0 Å². The lowest BCUT2D eigenvalue weighted by molar-refractivity contribution is 0.122. The molecule has 134 valence electrons. The molecule has 0 unspecified atom stereocenters. The van der Waals surface area contributed by atoms with Crippen LogP contribution in [0.1, 0.15) is 11.3 Å². The summed E-state index contributed by atoms with van der Waals surface area (Å²) in [7, 11) is 0. The second kappa shape index (κ2) is 7.37. The molecule has 4 rings (SSSR count). The Morgan fingerprint density at radius 1 is 0.960 bits per heavy atom. The molecule has 0 aromatic carbocycles. The Morgan fingerprint density at radius 3 is 2.28 bits per heavy atom. The molecule has 25 heavy (non-hydrogen) atoms. The molecule has 2 saturated heterocycles. The number of aryl methyl sites for hydroxylation is 1. The van der Waals surface area contributed by atoms with Crippen LogP contribution in [0, 0.1) is 6.92 Å². The molecule has 2 aromatic rings. The minimum absolute atomic E-state index is 0.764. The molecule has 8 heteroatoms. The molecule has 2 aliphatic heterocycles. The van der Waals surface area contributed by atoms with E-state index < -0.39 is 0 Å². The fourth-order valence-corrected chi connectivity index (χ4v) is 3.32. The lowest BCUT2D eigenvalue weighted by atomic mass is 10.2. The van der Waals surface area contributed by atoms with Gasteiger partial charge in [0.2, 0.25) is 0 Å². The number of aromatic nitrogens is 3. The number of anilines is 2. The van der Waals surface area contributed by atoms with Gasteiger partial charge in [0.15, 0.2) is 0 Å². The van der Waals surface area contributed by atoms with Crippen LogP contribution in [0.4, 0.5) is 11.6 Å². The van der Waals surface area contributed by atoms with Gasteiger partial charge in [-0.25, -0.2) is 9.97 Å². The third-order valence-corrected chi connectivity index (χ3v) is 4.91. The van der Waals surface area contributed by atoms with Gasteiger partial charge in [-0.05, 0) is 6.92 Å². The van der Waals surface area contributed by atoms with Gasteiger partial charge in [0, 0.05) is 57.4 Å². The molecule has 2 aliphatic rings. The molecule has 2 fully saturated rings. The van der Waals surface area contributed by atoms with E-state index in [0.717, 1.165) is 76.4 Å². The van der Waals surface area contributed by atoms with Crippen LogP contribution in [0.3, 0.4) is 0 Å². The zero-order valence-electron chi connectivity index (χ0n) is 14.6. The highest BCUT2D eigenvalue weighted by molar-refractivity contribution is 5.50. The van der Waals surface area contributed by atoms with Gasteiger partial charge in [-0.15, -0.1) is 0 Å². The van der Waals surface area contributed by atoms with Gasteiger partial charge >= 0.3 is 0 Å². The average molecular weight is 344 g/mol. The van der Waals surface area contributed by atoms with E-state index in [2.05, 4.69) is 35.9 Å². The van der Waals surface area contributed by atoms with Crippen molar-refractivity contribution in [2.75, 3.05) is 62.3 Å². The summed E-state index contributed by atoms with van der Waals surface area (Å²) in [5.74, 6) is 2.92. The first-order chi connectivity index (χ1) is 12.3. The monoisotopic (exact) mass is 344 g/mol. The SMILES string of the molecule is Cc1oncc1CN1CCN(c2cc(N3CCOCC3)ncn2)CC1. The molecule has 2 aromatic heterocycles. The Kier molecular flexibility index (Phi) is 4.80. The van der Waals surface area contributed by atoms with E-state index in [1.807, 2.05) is 13.1 Å². The molecule has 0 spiro atoms. The first-order valence-electron chi connectivity index (χ1n) is 8.82. The highest BCUT2D eigenvalue weighted by Crippen LogP contribution is 2.20. The number of hydrogen-bond acceptors (Lipinski definition) is 8. The van der Waals surface area contributed by atoms with E-state index in [1.54, 1.807) is 6.33 Å².